The second kappa shape index (κ2) is 6.53. The Bertz CT molecular complexity index is 1080. The molecule has 136 valence electrons. The van der Waals surface area contributed by atoms with Gasteiger partial charge in [-0.15, -0.1) is 5.10 Å². The summed E-state index contributed by atoms with van der Waals surface area (Å²) in [6.45, 7) is 2.05. The number of hydrogen-bond donors (Lipinski definition) is 3. The van der Waals surface area contributed by atoms with E-state index < -0.39 is 0 Å². The number of hydrogen-bond acceptors (Lipinski definition) is 5. The van der Waals surface area contributed by atoms with E-state index >= 15 is 0 Å². The maximum absolute atomic E-state index is 6.18. The molecule has 0 saturated heterocycles. The molecule has 2 aromatic heterocycles. The van der Waals surface area contributed by atoms with Gasteiger partial charge in [0.15, 0.2) is 5.82 Å². The van der Waals surface area contributed by atoms with Crippen molar-refractivity contribution < 1.29 is 4.74 Å². The number of nitrogen functional groups attached to an aromatic ring is 2. The van der Waals surface area contributed by atoms with Crippen molar-refractivity contribution in [1.82, 2.24) is 20.0 Å². The molecule has 2 aromatic carbocycles. The topological polar surface area (TPSA) is 108 Å². The van der Waals surface area contributed by atoms with E-state index in [0.717, 1.165) is 28.3 Å². The summed E-state index contributed by atoms with van der Waals surface area (Å²) in [4.78, 5) is 0. The fourth-order valence-corrected chi connectivity index (χ4v) is 3.02. The average molecular weight is 360 g/mol. The first kappa shape index (κ1) is 16.7. The van der Waals surface area contributed by atoms with Crippen molar-refractivity contribution in [2.45, 2.75) is 6.92 Å². The van der Waals surface area contributed by atoms with Gasteiger partial charge in [-0.25, -0.2) is 4.68 Å². The highest BCUT2D eigenvalue weighted by molar-refractivity contribution is 5.79. The van der Waals surface area contributed by atoms with Gasteiger partial charge in [-0.3, -0.25) is 5.10 Å². The van der Waals surface area contributed by atoms with Crippen LogP contribution in [-0.4, -0.2) is 27.1 Å². The van der Waals surface area contributed by atoms with Gasteiger partial charge in [-0.05, 0) is 31.2 Å². The first-order valence-corrected chi connectivity index (χ1v) is 8.48. The summed E-state index contributed by atoms with van der Waals surface area (Å²) >= 11 is 0. The molecule has 0 amide bonds. The summed E-state index contributed by atoms with van der Waals surface area (Å²) in [6.07, 6.45) is 0. The monoisotopic (exact) mass is 360 g/mol. The molecule has 0 fully saturated rings. The van der Waals surface area contributed by atoms with E-state index in [1.54, 1.807) is 11.8 Å². The third-order valence-electron chi connectivity index (χ3n) is 4.43. The number of nitrogens with one attached hydrogen (secondary N) is 1. The zero-order valence-electron chi connectivity index (χ0n) is 15.1. The Labute approximate surface area is 156 Å². The molecule has 0 spiro atoms. The van der Waals surface area contributed by atoms with E-state index in [1.165, 1.54) is 5.56 Å². The third-order valence-corrected chi connectivity index (χ3v) is 4.43. The van der Waals surface area contributed by atoms with Crippen LogP contribution in [0.2, 0.25) is 0 Å². The standard InChI is InChI=1S/C20H20N6O/c1-12-3-5-13(6-4-12)16-11-17(21)25-26(16)19-18(23-24-20(19)22)14-7-9-15(27-2)10-8-14/h3-11H,1-2H3,(H2,21,25)(H3,22,23,24). The molecule has 2 heterocycles. The van der Waals surface area contributed by atoms with E-state index in [2.05, 4.69) is 15.3 Å². The van der Waals surface area contributed by atoms with Gasteiger partial charge in [0.1, 0.15) is 17.3 Å². The number of methoxy groups -OCH3 is 1. The van der Waals surface area contributed by atoms with Crippen LogP contribution in [0.4, 0.5) is 11.6 Å². The first-order valence-electron chi connectivity index (χ1n) is 8.48. The summed E-state index contributed by atoms with van der Waals surface area (Å²) < 4.78 is 6.96. The second-order valence-electron chi connectivity index (χ2n) is 6.29. The smallest absolute Gasteiger partial charge is 0.171 e. The van der Waals surface area contributed by atoms with Crippen LogP contribution in [0.5, 0.6) is 5.75 Å². The Balaban J connectivity index is 1.87. The van der Waals surface area contributed by atoms with Crippen LogP contribution >= 0.6 is 0 Å². The Morgan fingerprint density at radius 1 is 0.963 bits per heavy atom. The van der Waals surface area contributed by atoms with Gasteiger partial charge in [-0.1, -0.05) is 29.8 Å². The van der Waals surface area contributed by atoms with Gasteiger partial charge in [-0.2, -0.15) is 5.10 Å². The van der Waals surface area contributed by atoms with Crippen molar-refractivity contribution in [3.63, 3.8) is 0 Å². The van der Waals surface area contributed by atoms with Gasteiger partial charge in [0.05, 0.1) is 18.5 Å². The zero-order valence-corrected chi connectivity index (χ0v) is 15.1. The molecule has 0 aliphatic heterocycles. The third kappa shape index (κ3) is 2.99. The predicted octanol–water partition coefficient (Wildman–Crippen LogP) is 3.41. The fourth-order valence-electron chi connectivity index (χ4n) is 3.02. The van der Waals surface area contributed by atoms with Crippen molar-refractivity contribution in [3.05, 3.63) is 60.2 Å². The minimum atomic E-state index is 0.345. The Kier molecular flexibility index (Phi) is 4.04. The lowest BCUT2D eigenvalue weighted by molar-refractivity contribution is 0.415. The van der Waals surface area contributed by atoms with Crippen molar-refractivity contribution in [2.75, 3.05) is 18.6 Å². The highest BCUT2D eigenvalue weighted by Gasteiger charge is 2.20. The van der Waals surface area contributed by atoms with Gasteiger partial charge < -0.3 is 16.2 Å². The number of H-pyrrole nitrogens is 1. The Morgan fingerprint density at radius 2 is 1.63 bits per heavy atom. The molecule has 27 heavy (non-hydrogen) atoms. The maximum atomic E-state index is 6.18. The molecule has 0 unspecified atom stereocenters. The normalized spacial score (nSPS) is 10.9. The summed E-state index contributed by atoms with van der Waals surface area (Å²) in [7, 11) is 1.63. The summed E-state index contributed by atoms with van der Waals surface area (Å²) in [5, 5.41) is 11.7. The maximum Gasteiger partial charge on any atom is 0.171 e. The number of aromatic nitrogens is 4. The number of aromatic amines is 1. The van der Waals surface area contributed by atoms with E-state index in [0.29, 0.717) is 17.3 Å². The number of nitrogens with zero attached hydrogens (tertiary/aromatic N) is 3. The lowest BCUT2D eigenvalue weighted by Gasteiger charge is -2.10. The van der Waals surface area contributed by atoms with Gasteiger partial charge in [0, 0.05) is 17.2 Å². The van der Waals surface area contributed by atoms with E-state index in [9.17, 15) is 0 Å². The lowest BCUT2D eigenvalue weighted by Crippen LogP contribution is -2.04. The molecule has 0 saturated carbocycles. The fraction of sp³-hybridized carbons (Fsp3) is 0.100. The van der Waals surface area contributed by atoms with Crippen LogP contribution < -0.4 is 16.2 Å². The molecular formula is C20H20N6O. The van der Waals surface area contributed by atoms with Crippen LogP contribution in [0.25, 0.3) is 28.2 Å². The molecule has 7 nitrogen and oxygen atoms in total. The number of aryl methyl sites for hydroxylation is 1. The Hall–Kier alpha value is -3.74. The number of rotatable bonds is 4. The number of anilines is 2. The van der Waals surface area contributed by atoms with Crippen LogP contribution in [-0.2, 0) is 0 Å². The summed E-state index contributed by atoms with van der Waals surface area (Å²) in [5.74, 6) is 1.53. The van der Waals surface area contributed by atoms with Crippen molar-refractivity contribution >= 4 is 11.6 Å². The minimum absolute atomic E-state index is 0.345. The molecule has 0 atom stereocenters. The molecule has 4 aromatic rings. The second-order valence-corrected chi connectivity index (χ2v) is 6.29. The lowest BCUT2D eigenvalue weighted by atomic mass is 10.1. The van der Waals surface area contributed by atoms with E-state index in [4.69, 9.17) is 16.2 Å². The SMILES string of the molecule is COc1ccc(-c2[nH]nc(N)c2-n2nc(N)cc2-c2ccc(C)cc2)cc1. The quantitative estimate of drug-likeness (QED) is 0.517. The largest absolute Gasteiger partial charge is 0.497 e. The number of ether oxygens (including phenoxy) is 1. The van der Waals surface area contributed by atoms with Crippen LogP contribution in [0.1, 0.15) is 5.56 Å². The molecule has 0 bridgehead atoms. The summed E-state index contributed by atoms with van der Waals surface area (Å²) in [6, 6.07) is 17.6. The van der Waals surface area contributed by atoms with Gasteiger partial charge >= 0.3 is 0 Å². The summed E-state index contributed by atoms with van der Waals surface area (Å²) in [5.41, 5.74) is 17.5. The molecule has 5 N–H and O–H groups in total. The molecule has 0 aliphatic carbocycles. The van der Waals surface area contributed by atoms with Gasteiger partial charge in [0.2, 0.25) is 0 Å². The first-order chi connectivity index (χ1) is 13.1. The highest BCUT2D eigenvalue weighted by Crippen LogP contribution is 2.34. The number of benzene rings is 2. The average Bonchev–Trinajstić information content (AvgIpc) is 3.24. The van der Waals surface area contributed by atoms with Crippen LogP contribution in [0, 0.1) is 6.92 Å². The van der Waals surface area contributed by atoms with Crippen molar-refractivity contribution in [2.24, 2.45) is 0 Å². The van der Waals surface area contributed by atoms with E-state index in [-0.39, 0.29) is 0 Å². The van der Waals surface area contributed by atoms with Crippen LogP contribution in [0.15, 0.2) is 54.6 Å². The molecule has 0 aliphatic rings. The van der Waals surface area contributed by atoms with Gasteiger partial charge in [0.25, 0.3) is 0 Å². The molecular weight excluding hydrogens is 340 g/mol. The Morgan fingerprint density at radius 3 is 2.30 bits per heavy atom. The number of nitrogens with two attached hydrogens (primary N) is 2. The minimum Gasteiger partial charge on any atom is -0.497 e. The molecule has 7 heteroatoms. The predicted molar refractivity (Wildman–Crippen MR) is 107 cm³/mol. The van der Waals surface area contributed by atoms with Crippen molar-refractivity contribution in [3.8, 4) is 34.0 Å². The molecule has 4 rings (SSSR count). The highest BCUT2D eigenvalue weighted by atomic mass is 16.5. The van der Waals surface area contributed by atoms with Crippen LogP contribution in [0.3, 0.4) is 0 Å². The molecule has 0 radical (unpaired) electrons. The van der Waals surface area contributed by atoms with E-state index in [1.807, 2.05) is 61.5 Å². The van der Waals surface area contributed by atoms with Crippen molar-refractivity contribution in [1.29, 1.82) is 0 Å². The zero-order chi connectivity index (χ0) is 19.0.